The predicted octanol–water partition coefficient (Wildman–Crippen LogP) is 3.42. The molecule has 0 unspecified atom stereocenters. The van der Waals surface area contributed by atoms with E-state index in [9.17, 15) is 9.18 Å². The van der Waals surface area contributed by atoms with E-state index in [2.05, 4.69) is 16.1 Å². The van der Waals surface area contributed by atoms with Crippen LogP contribution in [0.2, 0.25) is 0 Å². The average Bonchev–Trinajstić information content (AvgIpc) is 3.09. The maximum absolute atomic E-state index is 12.9. The minimum absolute atomic E-state index is 0.177. The number of aromatic nitrogens is 4. The van der Waals surface area contributed by atoms with Crippen molar-refractivity contribution in [3.63, 3.8) is 0 Å². The molecule has 2 aromatic carbocycles. The molecule has 0 spiro atoms. The van der Waals surface area contributed by atoms with Crippen molar-refractivity contribution in [2.24, 2.45) is 0 Å². The van der Waals surface area contributed by atoms with Crippen molar-refractivity contribution in [3.8, 4) is 11.4 Å². The second-order valence-electron chi connectivity index (χ2n) is 6.69. The molecule has 0 radical (unpaired) electrons. The lowest BCUT2D eigenvalue weighted by Crippen LogP contribution is -2.23. The van der Waals surface area contributed by atoms with Crippen molar-refractivity contribution in [2.75, 3.05) is 6.61 Å². The maximum Gasteiger partial charge on any atom is 0.264 e. The van der Waals surface area contributed by atoms with Crippen LogP contribution >= 0.6 is 0 Å². The van der Waals surface area contributed by atoms with Crippen LogP contribution in [0.15, 0.2) is 59.8 Å². The molecule has 4 aromatic rings. The van der Waals surface area contributed by atoms with Gasteiger partial charge in [0.05, 0.1) is 18.4 Å². The molecule has 7 heteroatoms. The van der Waals surface area contributed by atoms with Gasteiger partial charge in [-0.2, -0.15) is 5.10 Å². The lowest BCUT2D eigenvalue weighted by molar-refractivity contribution is 0.295. The summed E-state index contributed by atoms with van der Waals surface area (Å²) in [7, 11) is 0. The molecule has 0 amide bonds. The Kier molecular flexibility index (Phi) is 4.65. The van der Waals surface area contributed by atoms with Gasteiger partial charge in [-0.3, -0.25) is 9.36 Å². The van der Waals surface area contributed by atoms with Crippen molar-refractivity contribution in [3.05, 3.63) is 82.3 Å². The summed E-state index contributed by atoms with van der Waals surface area (Å²) >= 11 is 0. The minimum atomic E-state index is -0.320. The molecule has 2 aromatic heterocycles. The second kappa shape index (κ2) is 7.26. The van der Waals surface area contributed by atoms with E-state index in [4.69, 9.17) is 4.74 Å². The maximum atomic E-state index is 12.9. The molecule has 2 heterocycles. The van der Waals surface area contributed by atoms with Crippen LogP contribution in [0.3, 0.4) is 0 Å². The number of rotatable bonds is 5. The molecule has 0 aliphatic heterocycles. The number of fused-ring (bicyclic) bond motifs is 1. The minimum Gasteiger partial charge on any atom is -0.492 e. The van der Waals surface area contributed by atoms with Crippen molar-refractivity contribution >= 4 is 11.0 Å². The van der Waals surface area contributed by atoms with Gasteiger partial charge in [0.15, 0.2) is 5.65 Å². The summed E-state index contributed by atoms with van der Waals surface area (Å²) in [6.07, 6.45) is 3.04. The van der Waals surface area contributed by atoms with E-state index in [0.717, 1.165) is 16.8 Å². The van der Waals surface area contributed by atoms with Gasteiger partial charge in [0, 0.05) is 0 Å². The van der Waals surface area contributed by atoms with Crippen LogP contribution in [-0.4, -0.2) is 25.9 Å². The summed E-state index contributed by atoms with van der Waals surface area (Å²) in [6, 6.07) is 11.8. The molecule has 28 heavy (non-hydrogen) atoms. The number of halogens is 1. The molecular weight excluding hydrogens is 359 g/mol. The van der Waals surface area contributed by atoms with E-state index < -0.39 is 0 Å². The first-order chi connectivity index (χ1) is 13.5. The highest BCUT2D eigenvalue weighted by Crippen LogP contribution is 2.17. The molecule has 0 saturated carbocycles. The lowest BCUT2D eigenvalue weighted by Gasteiger charge is -2.09. The normalized spacial score (nSPS) is 11.1. The van der Waals surface area contributed by atoms with Crippen LogP contribution in [0.4, 0.5) is 4.39 Å². The predicted molar refractivity (Wildman–Crippen MR) is 104 cm³/mol. The quantitative estimate of drug-likeness (QED) is 0.534. The number of benzene rings is 2. The van der Waals surface area contributed by atoms with E-state index in [1.807, 2.05) is 26.0 Å². The largest absolute Gasteiger partial charge is 0.492 e. The van der Waals surface area contributed by atoms with Gasteiger partial charge >= 0.3 is 0 Å². The van der Waals surface area contributed by atoms with Gasteiger partial charge in [-0.1, -0.05) is 6.07 Å². The molecule has 0 bridgehead atoms. The number of hydrogen-bond acceptors (Lipinski definition) is 4. The molecule has 0 fully saturated rings. The summed E-state index contributed by atoms with van der Waals surface area (Å²) in [5.74, 6) is 0.227. The summed E-state index contributed by atoms with van der Waals surface area (Å²) in [6.45, 7) is 4.63. The van der Waals surface area contributed by atoms with Gasteiger partial charge in [0.25, 0.3) is 5.56 Å². The third kappa shape index (κ3) is 3.51. The Morgan fingerprint density at radius 2 is 1.79 bits per heavy atom. The van der Waals surface area contributed by atoms with Gasteiger partial charge in [0.1, 0.15) is 29.9 Å². The van der Waals surface area contributed by atoms with Crippen LogP contribution in [-0.2, 0) is 6.54 Å². The number of aryl methyl sites for hydroxylation is 2. The first kappa shape index (κ1) is 17.9. The Morgan fingerprint density at radius 3 is 2.50 bits per heavy atom. The molecule has 0 atom stereocenters. The van der Waals surface area contributed by atoms with Crippen molar-refractivity contribution < 1.29 is 9.13 Å². The van der Waals surface area contributed by atoms with Gasteiger partial charge in [-0.15, -0.1) is 0 Å². The van der Waals surface area contributed by atoms with Gasteiger partial charge in [0.2, 0.25) is 0 Å². The number of nitrogens with zero attached hydrogens (tertiary/aromatic N) is 4. The van der Waals surface area contributed by atoms with Crippen molar-refractivity contribution in [1.82, 2.24) is 19.3 Å². The van der Waals surface area contributed by atoms with Gasteiger partial charge in [-0.25, -0.2) is 14.1 Å². The highest BCUT2D eigenvalue weighted by atomic mass is 19.1. The molecule has 6 nitrogen and oxygen atoms in total. The van der Waals surface area contributed by atoms with Crippen molar-refractivity contribution in [2.45, 2.75) is 20.4 Å². The Morgan fingerprint density at radius 1 is 1.07 bits per heavy atom. The first-order valence-corrected chi connectivity index (χ1v) is 8.91. The van der Waals surface area contributed by atoms with Crippen LogP contribution in [0.5, 0.6) is 5.75 Å². The summed E-state index contributed by atoms with van der Waals surface area (Å²) < 4.78 is 21.6. The summed E-state index contributed by atoms with van der Waals surface area (Å²) in [5, 5.41) is 4.81. The van der Waals surface area contributed by atoms with E-state index in [0.29, 0.717) is 23.3 Å². The highest BCUT2D eigenvalue weighted by Gasteiger charge is 2.12. The third-order valence-corrected chi connectivity index (χ3v) is 4.42. The summed E-state index contributed by atoms with van der Waals surface area (Å²) in [5.41, 5.74) is 3.45. The van der Waals surface area contributed by atoms with Crippen LogP contribution in [0, 0.1) is 19.7 Å². The fraction of sp³-hybridized carbons (Fsp3) is 0.190. The highest BCUT2D eigenvalue weighted by molar-refractivity contribution is 5.75. The molecule has 0 saturated heterocycles. The van der Waals surface area contributed by atoms with E-state index in [1.165, 1.54) is 23.0 Å². The van der Waals surface area contributed by atoms with Crippen LogP contribution in [0.1, 0.15) is 11.1 Å². The number of ether oxygens (including phenoxy) is 1. The smallest absolute Gasteiger partial charge is 0.264 e. The molecule has 0 aliphatic rings. The fourth-order valence-electron chi connectivity index (χ4n) is 3.16. The van der Waals surface area contributed by atoms with Gasteiger partial charge < -0.3 is 4.74 Å². The Balaban J connectivity index is 1.58. The van der Waals surface area contributed by atoms with E-state index in [-0.39, 0.29) is 18.0 Å². The average molecular weight is 378 g/mol. The molecule has 0 N–H and O–H groups in total. The zero-order valence-electron chi connectivity index (χ0n) is 15.6. The van der Waals surface area contributed by atoms with Gasteiger partial charge in [-0.05, 0) is 61.4 Å². The van der Waals surface area contributed by atoms with E-state index >= 15 is 0 Å². The Bertz CT molecular complexity index is 1180. The topological polar surface area (TPSA) is 61.9 Å². The third-order valence-electron chi connectivity index (χ3n) is 4.42. The molecule has 0 aliphatic carbocycles. The Labute approximate surface area is 160 Å². The SMILES string of the molecule is Cc1cc(C)cc(-n2ncc3c(=O)n(CCOc4ccc(F)cc4)cnc32)c1. The lowest BCUT2D eigenvalue weighted by atomic mass is 10.1. The molecular formula is C21H19FN4O2. The summed E-state index contributed by atoms with van der Waals surface area (Å²) in [4.78, 5) is 17.2. The molecule has 142 valence electrons. The second-order valence-corrected chi connectivity index (χ2v) is 6.69. The fourth-order valence-corrected chi connectivity index (χ4v) is 3.16. The zero-order valence-corrected chi connectivity index (χ0v) is 15.6. The van der Waals surface area contributed by atoms with E-state index in [1.54, 1.807) is 23.0 Å². The monoisotopic (exact) mass is 378 g/mol. The number of hydrogen-bond donors (Lipinski definition) is 0. The van der Waals surface area contributed by atoms with Crippen LogP contribution in [0.25, 0.3) is 16.7 Å². The first-order valence-electron chi connectivity index (χ1n) is 8.91. The Hall–Kier alpha value is -3.48. The van der Waals surface area contributed by atoms with Crippen molar-refractivity contribution in [1.29, 1.82) is 0 Å². The molecule has 4 rings (SSSR count). The standard InChI is InChI=1S/C21H19FN4O2/c1-14-9-15(2)11-17(10-14)26-20-19(12-24-26)21(27)25(13-23-20)7-8-28-18-5-3-16(22)4-6-18/h3-6,9-13H,7-8H2,1-2H3. The van der Waals surface area contributed by atoms with Crippen LogP contribution < -0.4 is 10.3 Å². The zero-order chi connectivity index (χ0) is 19.7.